The summed E-state index contributed by atoms with van der Waals surface area (Å²) in [6, 6.07) is 28.5. The first kappa shape index (κ1) is 26.8. The van der Waals surface area contributed by atoms with Crippen LogP contribution in [0.5, 0.6) is 0 Å². The Morgan fingerprint density at radius 2 is 1.34 bits per heavy atom. The zero-order chi connectivity index (χ0) is 27.2. The predicted octanol–water partition coefficient (Wildman–Crippen LogP) is 5.72. The fraction of sp³-hybridized carbons (Fsp3) is 0.207. The Bertz CT molecular complexity index is 1230. The number of carbonyl (C=O) groups is 2. The summed E-state index contributed by atoms with van der Waals surface area (Å²) in [6.07, 6.45) is -0.705. The number of carboxylic acids is 1. The van der Waals surface area contributed by atoms with E-state index in [-0.39, 0.29) is 17.3 Å². The molecule has 0 aliphatic carbocycles. The quantitative estimate of drug-likeness (QED) is 0.218. The van der Waals surface area contributed by atoms with Gasteiger partial charge >= 0.3 is 12.1 Å². The molecule has 0 radical (unpaired) electrons. The first-order valence-corrected chi connectivity index (χ1v) is 13.0. The number of amides is 1. The van der Waals surface area contributed by atoms with Crippen LogP contribution in [0, 0.1) is 0 Å². The van der Waals surface area contributed by atoms with Crippen molar-refractivity contribution in [3.8, 4) is 0 Å². The molecule has 3 aromatic rings. The minimum Gasteiger partial charge on any atom is -0.476 e. The maximum Gasteiger partial charge on any atom is 0.426 e. The molecule has 2 N–H and O–H groups in total. The first-order valence-electron chi connectivity index (χ1n) is 12.0. The fourth-order valence-electron chi connectivity index (χ4n) is 4.00. The van der Waals surface area contributed by atoms with Gasteiger partial charge in [-0.2, -0.15) is 0 Å². The molecular formula is C29H29N3O5S. The second-order valence-corrected chi connectivity index (χ2v) is 10.3. The van der Waals surface area contributed by atoms with Crippen molar-refractivity contribution in [1.82, 2.24) is 10.4 Å². The summed E-state index contributed by atoms with van der Waals surface area (Å²) in [5.41, 5.74) is 2.75. The van der Waals surface area contributed by atoms with Crippen LogP contribution in [0.1, 0.15) is 37.5 Å². The summed E-state index contributed by atoms with van der Waals surface area (Å²) in [4.78, 5) is 31.2. The number of rotatable bonds is 8. The second kappa shape index (κ2) is 11.4. The smallest absolute Gasteiger partial charge is 0.426 e. The zero-order valence-corrected chi connectivity index (χ0v) is 22.1. The summed E-state index contributed by atoms with van der Waals surface area (Å²) in [6.45, 7) is 5.24. The van der Waals surface area contributed by atoms with Gasteiger partial charge in [0.15, 0.2) is 0 Å². The summed E-state index contributed by atoms with van der Waals surface area (Å²) in [5, 5.41) is 17.4. The number of benzene rings is 3. The van der Waals surface area contributed by atoms with Crippen molar-refractivity contribution in [2.24, 2.45) is 5.16 Å². The van der Waals surface area contributed by atoms with E-state index in [4.69, 9.17) is 9.57 Å². The molecule has 1 amide bonds. The van der Waals surface area contributed by atoms with Gasteiger partial charge in [-0.25, -0.2) is 15.0 Å². The molecule has 8 nitrogen and oxygen atoms in total. The number of ether oxygens (including phenoxy) is 1. The van der Waals surface area contributed by atoms with Crippen molar-refractivity contribution in [3.05, 3.63) is 119 Å². The van der Waals surface area contributed by atoms with Gasteiger partial charge in [-0.3, -0.25) is 5.01 Å². The Labute approximate surface area is 225 Å². The van der Waals surface area contributed by atoms with E-state index in [1.165, 1.54) is 16.8 Å². The van der Waals surface area contributed by atoms with Crippen LogP contribution < -0.4 is 5.43 Å². The molecule has 0 aromatic heterocycles. The van der Waals surface area contributed by atoms with Crippen molar-refractivity contribution >= 4 is 29.5 Å². The lowest BCUT2D eigenvalue weighted by Gasteiger charge is -2.33. The Morgan fingerprint density at radius 3 is 1.76 bits per heavy atom. The molecule has 0 bridgehead atoms. The molecular weight excluding hydrogens is 502 g/mol. The van der Waals surface area contributed by atoms with Gasteiger partial charge < -0.3 is 14.7 Å². The molecule has 196 valence electrons. The minimum atomic E-state index is -1.31. The Hall–Kier alpha value is -4.24. The number of aliphatic carboxylic acids is 1. The van der Waals surface area contributed by atoms with Crippen molar-refractivity contribution in [2.75, 3.05) is 5.88 Å². The minimum absolute atomic E-state index is 0.177. The van der Waals surface area contributed by atoms with Crippen molar-refractivity contribution in [1.29, 1.82) is 0 Å². The normalized spacial score (nSPS) is 14.0. The SMILES string of the molecule is CC(C)(C)OC(=O)NN1CSC=C1C(=NOC(c1ccccc1)(c1ccccc1)c1ccccc1)C(=O)O. The number of thioether (sulfide) groups is 1. The van der Waals surface area contributed by atoms with Crippen LogP contribution >= 0.6 is 11.8 Å². The van der Waals surface area contributed by atoms with E-state index in [9.17, 15) is 14.7 Å². The molecule has 1 aliphatic heterocycles. The van der Waals surface area contributed by atoms with Gasteiger partial charge in [0, 0.05) is 22.1 Å². The third-order valence-corrected chi connectivity index (χ3v) is 6.37. The third-order valence-electron chi connectivity index (χ3n) is 5.57. The fourth-order valence-corrected chi connectivity index (χ4v) is 4.82. The molecule has 0 fully saturated rings. The highest BCUT2D eigenvalue weighted by atomic mass is 32.2. The number of nitrogens with zero attached hydrogens (tertiary/aromatic N) is 2. The molecule has 0 spiro atoms. The third kappa shape index (κ3) is 6.00. The van der Waals surface area contributed by atoms with E-state index in [2.05, 4.69) is 10.6 Å². The molecule has 0 atom stereocenters. The van der Waals surface area contributed by atoms with Crippen molar-refractivity contribution in [2.45, 2.75) is 32.0 Å². The van der Waals surface area contributed by atoms with E-state index < -0.39 is 23.3 Å². The lowest BCUT2D eigenvalue weighted by atomic mass is 9.80. The number of carbonyl (C=O) groups excluding carboxylic acids is 1. The average molecular weight is 532 g/mol. The molecule has 3 aromatic carbocycles. The van der Waals surface area contributed by atoms with Crippen LogP contribution in [0.2, 0.25) is 0 Å². The maximum absolute atomic E-state index is 12.4. The molecule has 0 saturated carbocycles. The summed E-state index contributed by atoms with van der Waals surface area (Å²) in [7, 11) is 0. The maximum atomic E-state index is 12.4. The van der Waals surface area contributed by atoms with Crippen LogP contribution in [0.25, 0.3) is 0 Å². The van der Waals surface area contributed by atoms with Gasteiger partial charge in [0.25, 0.3) is 0 Å². The topological polar surface area (TPSA) is 100 Å². The number of oxime groups is 1. The van der Waals surface area contributed by atoms with Gasteiger partial charge in [0.1, 0.15) is 11.3 Å². The second-order valence-electron chi connectivity index (χ2n) is 9.46. The highest BCUT2D eigenvalue weighted by Gasteiger charge is 2.40. The zero-order valence-electron chi connectivity index (χ0n) is 21.3. The first-order chi connectivity index (χ1) is 18.2. The standard InChI is InChI=1S/C29H29N3O5S/c1-28(2,3)36-27(35)30-32-20-38-19-24(32)25(26(33)34)31-37-29(21-13-7-4-8-14-21,22-15-9-5-10-16-22)23-17-11-6-12-18-23/h4-19H,20H2,1-3H3,(H,30,35)(H,33,34). The Kier molecular flexibility index (Phi) is 8.07. The number of hydrogen-bond donors (Lipinski definition) is 2. The molecule has 38 heavy (non-hydrogen) atoms. The molecule has 1 heterocycles. The van der Waals surface area contributed by atoms with E-state index in [0.29, 0.717) is 0 Å². The largest absolute Gasteiger partial charge is 0.476 e. The van der Waals surface area contributed by atoms with Crippen LogP contribution in [-0.2, 0) is 20.0 Å². The van der Waals surface area contributed by atoms with Gasteiger partial charge in [0.2, 0.25) is 11.3 Å². The van der Waals surface area contributed by atoms with Gasteiger partial charge in [-0.05, 0) is 20.8 Å². The lowest BCUT2D eigenvalue weighted by Crippen LogP contribution is -2.45. The van der Waals surface area contributed by atoms with E-state index in [0.717, 1.165) is 16.7 Å². The van der Waals surface area contributed by atoms with Gasteiger partial charge in [0.05, 0.1) is 5.88 Å². The molecule has 9 heteroatoms. The average Bonchev–Trinajstić information content (AvgIpc) is 3.34. The summed E-state index contributed by atoms with van der Waals surface area (Å²) >= 11 is 1.31. The van der Waals surface area contributed by atoms with Crippen molar-refractivity contribution in [3.63, 3.8) is 0 Å². The molecule has 0 unspecified atom stereocenters. The molecule has 1 aliphatic rings. The number of hydrogen-bond acceptors (Lipinski definition) is 7. The Morgan fingerprint density at radius 1 is 0.868 bits per heavy atom. The van der Waals surface area contributed by atoms with E-state index >= 15 is 0 Å². The highest BCUT2D eigenvalue weighted by molar-refractivity contribution is 8.02. The number of carboxylic acid groups (broad SMARTS) is 1. The predicted molar refractivity (Wildman–Crippen MR) is 147 cm³/mol. The lowest BCUT2D eigenvalue weighted by molar-refractivity contribution is -0.129. The van der Waals surface area contributed by atoms with E-state index in [1.807, 2.05) is 91.0 Å². The van der Waals surface area contributed by atoms with Gasteiger partial charge in [-0.1, -0.05) is 96.2 Å². The number of nitrogens with one attached hydrogen (secondary N) is 1. The highest BCUT2D eigenvalue weighted by Crippen LogP contribution is 2.41. The van der Waals surface area contributed by atoms with Crippen LogP contribution in [-0.4, -0.2) is 39.4 Å². The molecule has 4 rings (SSSR count). The van der Waals surface area contributed by atoms with Crippen LogP contribution in [0.15, 0.2) is 107 Å². The van der Waals surface area contributed by atoms with E-state index in [1.54, 1.807) is 26.2 Å². The Balaban J connectivity index is 1.78. The summed E-state index contributed by atoms with van der Waals surface area (Å²) in [5.74, 6) is -1.03. The molecule has 0 saturated heterocycles. The number of hydrazine groups is 1. The van der Waals surface area contributed by atoms with Crippen molar-refractivity contribution < 1.29 is 24.3 Å². The monoisotopic (exact) mass is 531 g/mol. The van der Waals surface area contributed by atoms with Crippen LogP contribution in [0.4, 0.5) is 4.79 Å². The van der Waals surface area contributed by atoms with Gasteiger partial charge in [-0.15, -0.1) is 11.8 Å². The summed E-state index contributed by atoms with van der Waals surface area (Å²) < 4.78 is 5.33. The van der Waals surface area contributed by atoms with Crippen LogP contribution in [0.3, 0.4) is 0 Å².